The van der Waals surface area contributed by atoms with Gasteiger partial charge in [0.25, 0.3) is 11.8 Å². The lowest BCUT2D eigenvalue weighted by molar-refractivity contribution is -0.120. The zero-order chi connectivity index (χ0) is 21.3. The van der Waals surface area contributed by atoms with Crippen LogP contribution in [0.1, 0.15) is 41.0 Å². The number of primary sulfonamides is 1. The summed E-state index contributed by atoms with van der Waals surface area (Å²) in [4.78, 5) is 39.4. The Balaban J connectivity index is 1.91. The summed E-state index contributed by atoms with van der Waals surface area (Å²) in [6, 6.07) is 10.8. The number of sulfonamides is 1. The van der Waals surface area contributed by atoms with E-state index in [1.807, 2.05) is 13.8 Å². The lowest BCUT2D eigenvalue weighted by Crippen LogP contribution is -2.47. The quantitative estimate of drug-likeness (QED) is 0.698. The molecule has 3 amide bonds. The molecule has 3 N–H and O–H groups in total. The van der Waals surface area contributed by atoms with Gasteiger partial charge in [0.1, 0.15) is 6.04 Å². The Morgan fingerprint density at radius 2 is 1.62 bits per heavy atom. The number of hydrogen-bond acceptors (Lipinski definition) is 5. The molecule has 0 saturated heterocycles. The molecule has 3 rings (SSSR count). The Kier molecular flexibility index (Phi) is 5.54. The van der Waals surface area contributed by atoms with Crippen LogP contribution in [0.5, 0.6) is 0 Å². The first kappa shape index (κ1) is 20.7. The second-order valence-electron chi connectivity index (χ2n) is 7.23. The van der Waals surface area contributed by atoms with Gasteiger partial charge >= 0.3 is 0 Å². The van der Waals surface area contributed by atoms with E-state index in [2.05, 4.69) is 5.32 Å². The van der Waals surface area contributed by atoms with Crippen molar-refractivity contribution >= 4 is 33.4 Å². The molecule has 0 saturated carbocycles. The first-order valence-electron chi connectivity index (χ1n) is 9.00. The average Bonchev–Trinajstić information content (AvgIpc) is 2.90. The molecule has 9 heteroatoms. The van der Waals surface area contributed by atoms with Gasteiger partial charge in [-0.1, -0.05) is 32.0 Å². The fourth-order valence-electron chi connectivity index (χ4n) is 3.24. The number of rotatable bonds is 6. The molecule has 152 valence electrons. The first-order chi connectivity index (χ1) is 13.6. The number of carbonyl (C=O) groups is 3. The van der Waals surface area contributed by atoms with E-state index in [0.717, 1.165) is 4.90 Å². The lowest BCUT2D eigenvalue weighted by atomic mass is 10.0. The topological polar surface area (TPSA) is 127 Å². The summed E-state index contributed by atoms with van der Waals surface area (Å²) in [5.74, 6) is -1.61. The molecule has 1 aliphatic rings. The third kappa shape index (κ3) is 4.20. The second kappa shape index (κ2) is 7.76. The van der Waals surface area contributed by atoms with Crippen molar-refractivity contribution in [3.63, 3.8) is 0 Å². The van der Waals surface area contributed by atoms with Gasteiger partial charge in [0.05, 0.1) is 16.0 Å². The molecule has 0 aromatic heterocycles. The van der Waals surface area contributed by atoms with E-state index in [4.69, 9.17) is 5.14 Å². The molecule has 1 unspecified atom stereocenters. The van der Waals surface area contributed by atoms with Crippen molar-refractivity contribution in [2.45, 2.75) is 31.2 Å². The maximum absolute atomic E-state index is 13.0. The number of amides is 3. The monoisotopic (exact) mass is 415 g/mol. The Morgan fingerprint density at radius 3 is 2.14 bits per heavy atom. The standard InChI is InChI=1S/C20H21N3O5S/c1-12(2)10-17(23-19(25)15-8-3-4-9-16(15)20(23)26)18(24)22-13-6-5-7-14(11-13)29(21,27)28/h3-9,11-12,17H,10H2,1-2H3,(H,22,24)(H2,21,27,28). The minimum absolute atomic E-state index is 0.0193. The van der Waals surface area contributed by atoms with Gasteiger partial charge in [0.15, 0.2) is 0 Å². The third-order valence-electron chi connectivity index (χ3n) is 4.56. The number of nitrogens with two attached hydrogens (primary N) is 1. The molecular formula is C20H21N3O5S. The van der Waals surface area contributed by atoms with Crippen molar-refractivity contribution in [2.75, 3.05) is 5.32 Å². The van der Waals surface area contributed by atoms with Crippen molar-refractivity contribution in [2.24, 2.45) is 11.1 Å². The minimum atomic E-state index is -3.94. The molecule has 0 radical (unpaired) electrons. The summed E-state index contributed by atoms with van der Waals surface area (Å²) in [6.45, 7) is 3.75. The fourth-order valence-corrected chi connectivity index (χ4v) is 3.80. The van der Waals surface area contributed by atoms with E-state index in [9.17, 15) is 22.8 Å². The van der Waals surface area contributed by atoms with E-state index in [1.54, 1.807) is 24.3 Å². The van der Waals surface area contributed by atoms with Gasteiger partial charge in [-0.2, -0.15) is 0 Å². The predicted octanol–water partition coefficient (Wildman–Crippen LogP) is 1.98. The molecule has 0 spiro atoms. The normalized spacial score (nSPS) is 14.8. The highest BCUT2D eigenvalue weighted by Gasteiger charge is 2.42. The summed E-state index contributed by atoms with van der Waals surface area (Å²) in [7, 11) is -3.94. The molecule has 0 bridgehead atoms. The van der Waals surface area contributed by atoms with Gasteiger partial charge in [-0.3, -0.25) is 19.3 Å². The largest absolute Gasteiger partial charge is 0.324 e. The SMILES string of the molecule is CC(C)CC(C(=O)Nc1cccc(S(N)(=O)=O)c1)N1C(=O)c2ccccc2C1=O. The maximum Gasteiger partial charge on any atom is 0.262 e. The first-order valence-corrected chi connectivity index (χ1v) is 10.5. The number of anilines is 1. The Morgan fingerprint density at radius 1 is 1.03 bits per heavy atom. The summed E-state index contributed by atoms with van der Waals surface area (Å²) < 4.78 is 23.1. The molecule has 1 heterocycles. The van der Waals surface area contributed by atoms with Gasteiger partial charge in [-0.05, 0) is 42.7 Å². The van der Waals surface area contributed by atoms with Crippen LogP contribution in [0.2, 0.25) is 0 Å². The minimum Gasteiger partial charge on any atom is -0.324 e. The summed E-state index contributed by atoms with van der Waals surface area (Å²) in [5.41, 5.74) is 0.720. The summed E-state index contributed by atoms with van der Waals surface area (Å²) in [6.07, 6.45) is 0.256. The molecule has 1 atom stereocenters. The van der Waals surface area contributed by atoms with E-state index in [1.165, 1.54) is 24.3 Å². The number of nitrogens with zero attached hydrogens (tertiary/aromatic N) is 1. The third-order valence-corrected chi connectivity index (χ3v) is 5.48. The Hall–Kier alpha value is -3.04. The number of fused-ring (bicyclic) bond motifs is 1. The van der Waals surface area contributed by atoms with Crippen molar-refractivity contribution in [1.82, 2.24) is 4.90 Å². The summed E-state index contributed by atoms with van der Waals surface area (Å²) >= 11 is 0. The van der Waals surface area contributed by atoms with Crippen LogP contribution in [0.25, 0.3) is 0 Å². The maximum atomic E-state index is 13.0. The number of hydrogen-bond donors (Lipinski definition) is 2. The van der Waals surface area contributed by atoms with Crippen molar-refractivity contribution in [3.8, 4) is 0 Å². The zero-order valence-corrected chi connectivity index (χ0v) is 16.8. The van der Waals surface area contributed by atoms with Gasteiger partial charge in [0.2, 0.25) is 15.9 Å². The van der Waals surface area contributed by atoms with E-state index in [-0.39, 0.29) is 34.0 Å². The van der Waals surface area contributed by atoms with Crippen LogP contribution in [0.15, 0.2) is 53.4 Å². The van der Waals surface area contributed by atoms with Crippen LogP contribution in [0.4, 0.5) is 5.69 Å². The van der Waals surface area contributed by atoms with Gasteiger partial charge in [0, 0.05) is 5.69 Å². The van der Waals surface area contributed by atoms with Crippen LogP contribution < -0.4 is 10.5 Å². The molecule has 0 aliphatic carbocycles. The number of nitrogens with one attached hydrogen (secondary N) is 1. The molecule has 2 aromatic carbocycles. The van der Waals surface area contributed by atoms with Crippen molar-refractivity contribution < 1.29 is 22.8 Å². The van der Waals surface area contributed by atoms with Crippen molar-refractivity contribution in [1.29, 1.82) is 0 Å². The summed E-state index contributed by atoms with van der Waals surface area (Å²) in [5, 5.41) is 7.73. The van der Waals surface area contributed by atoms with E-state index in [0.29, 0.717) is 0 Å². The predicted molar refractivity (Wildman–Crippen MR) is 107 cm³/mol. The number of benzene rings is 2. The number of carbonyl (C=O) groups excluding carboxylic acids is 3. The highest BCUT2D eigenvalue weighted by atomic mass is 32.2. The average molecular weight is 415 g/mol. The molecule has 2 aromatic rings. The highest BCUT2D eigenvalue weighted by Crippen LogP contribution is 2.27. The smallest absolute Gasteiger partial charge is 0.262 e. The van der Waals surface area contributed by atoms with Crippen LogP contribution >= 0.6 is 0 Å². The van der Waals surface area contributed by atoms with Crippen LogP contribution in [0, 0.1) is 5.92 Å². The number of imide groups is 1. The van der Waals surface area contributed by atoms with Gasteiger partial charge in [-0.25, -0.2) is 13.6 Å². The molecular weight excluding hydrogens is 394 g/mol. The Labute approximate surface area is 168 Å². The van der Waals surface area contributed by atoms with E-state index < -0.39 is 33.8 Å². The molecule has 0 fully saturated rings. The van der Waals surface area contributed by atoms with Crippen LogP contribution in [-0.4, -0.2) is 37.1 Å². The second-order valence-corrected chi connectivity index (χ2v) is 8.79. The molecule has 1 aliphatic heterocycles. The zero-order valence-electron chi connectivity index (χ0n) is 16.0. The van der Waals surface area contributed by atoms with Crippen LogP contribution in [0.3, 0.4) is 0 Å². The Bertz CT molecular complexity index is 1060. The van der Waals surface area contributed by atoms with Crippen LogP contribution in [-0.2, 0) is 14.8 Å². The lowest BCUT2D eigenvalue weighted by Gasteiger charge is -2.26. The van der Waals surface area contributed by atoms with Crippen molar-refractivity contribution in [3.05, 3.63) is 59.7 Å². The fraction of sp³-hybridized carbons (Fsp3) is 0.250. The molecule has 29 heavy (non-hydrogen) atoms. The van der Waals surface area contributed by atoms with E-state index >= 15 is 0 Å². The highest BCUT2D eigenvalue weighted by molar-refractivity contribution is 7.89. The molecule has 8 nitrogen and oxygen atoms in total. The van der Waals surface area contributed by atoms with Gasteiger partial charge in [-0.15, -0.1) is 0 Å². The van der Waals surface area contributed by atoms with Gasteiger partial charge < -0.3 is 5.32 Å².